The van der Waals surface area contributed by atoms with E-state index in [2.05, 4.69) is 22.2 Å². The van der Waals surface area contributed by atoms with Gasteiger partial charge in [-0.2, -0.15) is 0 Å². The maximum absolute atomic E-state index is 12.1. The number of piperidine rings is 1. The average molecular weight is 268 g/mol. The molecule has 98 valence electrons. The van der Waals surface area contributed by atoms with Crippen LogP contribution in [0.4, 0.5) is 0 Å². The fraction of sp³-hybridized carbons (Fsp3) is 0.538. The molecule has 4 nitrogen and oxygen atoms in total. The minimum Gasteiger partial charge on any atom is -0.348 e. The van der Waals surface area contributed by atoms with Crippen molar-refractivity contribution in [1.82, 2.24) is 15.2 Å². The van der Waals surface area contributed by atoms with Crippen molar-refractivity contribution in [3.05, 3.63) is 28.5 Å². The zero-order valence-electron chi connectivity index (χ0n) is 10.7. The van der Waals surface area contributed by atoms with Gasteiger partial charge in [0.25, 0.3) is 5.91 Å². The van der Waals surface area contributed by atoms with Crippen molar-refractivity contribution in [2.45, 2.75) is 25.8 Å². The number of amides is 1. The Hall–Kier alpha value is -1.13. The van der Waals surface area contributed by atoms with Crippen molar-refractivity contribution in [1.29, 1.82) is 0 Å². The highest BCUT2D eigenvalue weighted by Crippen LogP contribution is 2.16. The predicted molar refractivity (Wildman–Crippen MR) is 72.0 cm³/mol. The Morgan fingerprint density at radius 2 is 2.39 bits per heavy atom. The van der Waals surface area contributed by atoms with Crippen LogP contribution in [0.25, 0.3) is 0 Å². The number of rotatable bonds is 2. The fourth-order valence-electron chi connectivity index (χ4n) is 2.24. The number of carbonyl (C=O) groups is 1. The van der Waals surface area contributed by atoms with Crippen LogP contribution >= 0.6 is 11.6 Å². The largest absolute Gasteiger partial charge is 0.348 e. The first-order chi connectivity index (χ1) is 8.56. The number of nitrogens with one attached hydrogen (secondary N) is 1. The van der Waals surface area contributed by atoms with E-state index in [0.29, 0.717) is 10.6 Å². The predicted octanol–water partition coefficient (Wildman–Crippen LogP) is 1.87. The molecule has 0 radical (unpaired) electrons. The van der Waals surface area contributed by atoms with Gasteiger partial charge < -0.3 is 10.2 Å². The Morgan fingerprint density at radius 3 is 3.06 bits per heavy atom. The fourth-order valence-corrected chi connectivity index (χ4v) is 2.53. The molecule has 1 saturated heterocycles. The van der Waals surface area contributed by atoms with Crippen LogP contribution in [-0.2, 0) is 0 Å². The lowest BCUT2D eigenvalue weighted by molar-refractivity contribution is 0.0912. The summed E-state index contributed by atoms with van der Waals surface area (Å²) in [5.41, 5.74) is 1.27. The number of carbonyl (C=O) groups excluding carboxylic acids is 1. The molecule has 0 saturated carbocycles. The van der Waals surface area contributed by atoms with E-state index < -0.39 is 0 Å². The lowest BCUT2D eigenvalue weighted by Crippen LogP contribution is -2.46. The van der Waals surface area contributed by atoms with Gasteiger partial charge in [-0.05, 0) is 39.4 Å². The minimum atomic E-state index is -0.132. The van der Waals surface area contributed by atoms with Crippen LogP contribution in [0, 0.1) is 6.92 Å². The Bertz CT molecular complexity index is 450. The molecule has 2 rings (SSSR count). The molecule has 5 heteroatoms. The summed E-state index contributed by atoms with van der Waals surface area (Å²) in [5.74, 6) is -0.132. The maximum atomic E-state index is 12.1. The molecule has 1 aromatic heterocycles. The van der Waals surface area contributed by atoms with Gasteiger partial charge in [0.15, 0.2) is 0 Å². The molecule has 1 aromatic rings. The van der Waals surface area contributed by atoms with Gasteiger partial charge in [0.05, 0.1) is 10.6 Å². The van der Waals surface area contributed by atoms with E-state index in [4.69, 9.17) is 11.6 Å². The van der Waals surface area contributed by atoms with E-state index in [0.717, 1.165) is 31.6 Å². The zero-order valence-corrected chi connectivity index (χ0v) is 11.5. The van der Waals surface area contributed by atoms with E-state index in [1.807, 2.05) is 6.92 Å². The Kier molecular flexibility index (Phi) is 4.19. The molecule has 1 unspecified atom stereocenters. The number of likely N-dealkylation sites (N-methyl/N-ethyl adjacent to an activating group) is 1. The van der Waals surface area contributed by atoms with Crippen LogP contribution < -0.4 is 5.32 Å². The normalized spacial score (nSPS) is 20.7. The molecule has 0 aliphatic carbocycles. The molecule has 1 atom stereocenters. The first-order valence-corrected chi connectivity index (χ1v) is 6.55. The summed E-state index contributed by atoms with van der Waals surface area (Å²) < 4.78 is 0. The number of hydrogen-bond donors (Lipinski definition) is 1. The number of nitrogens with zero attached hydrogens (tertiary/aromatic N) is 2. The third kappa shape index (κ3) is 3.21. The molecular weight excluding hydrogens is 250 g/mol. The van der Waals surface area contributed by atoms with Crippen LogP contribution in [0.2, 0.25) is 5.02 Å². The standard InChI is InChI=1S/C13H18ClN3O/c1-9-6-12(14)11(7-15-9)13(18)16-10-4-3-5-17(2)8-10/h6-7,10H,3-5,8H2,1-2H3,(H,16,18). The van der Waals surface area contributed by atoms with Gasteiger partial charge in [-0.25, -0.2) is 0 Å². The van der Waals surface area contributed by atoms with Gasteiger partial charge in [-0.3, -0.25) is 9.78 Å². The van der Waals surface area contributed by atoms with E-state index in [1.54, 1.807) is 12.3 Å². The number of pyridine rings is 1. The lowest BCUT2D eigenvalue weighted by atomic mass is 10.1. The smallest absolute Gasteiger partial charge is 0.254 e. The highest BCUT2D eigenvalue weighted by atomic mass is 35.5. The molecule has 1 aliphatic heterocycles. The summed E-state index contributed by atoms with van der Waals surface area (Å²) in [5, 5.41) is 3.48. The van der Waals surface area contributed by atoms with Gasteiger partial charge in [-0.1, -0.05) is 11.6 Å². The first-order valence-electron chi connectivity index (χ1n) is 6.18. The van der Waals surface area contributed by atoms with Crippen LogP contribution in [0.5, 0.6) is 0 Å². The van der Waals surface area contributed by atoms with E-state index in [1.165, 1.54) is 0 Å². The SMILES string of the molecule is Cc1cc(Cl)c(C(=O)NC2CCCN(C)C2)cn1. The zero-order chi connectivity index (χ0) is 13.1. The highest BCUT2D eigenvalue weighted by Gasteiger charge is 2.20. The Labute approximate surface area is 112 Å². The van der Waals surface area contributed by atoms with Crippen LogP contribution in [0.3, 0.4) is 0 Å². The number of aryl methyl sites for hydroxylation is 1. The molecular formula is C13H18ClN3O. The second-order valence-corrected chi connectivity index (χ2v) is 5.29. The topological polar surface area (TPSA) is 45.2 Å². The highest BCUT2D eigenvalue weighted by molar-refractivity contribution is 6.33. The van der Waals surface area contributed by atoms with Gasteiger partial charge in [0.1, 0.15) is 0 Å². The second-order valence-electron chi connectivity index (χ2n) is 4.88. The van der Waals surface area contributed by atoms with Crippen molar-refractivity contribution in [3.63, 3.8) is 0 Å². The number of likely N-dealkylation sites (tertiary alicyclic amines) is 1. The van der Waals surface area contributed by atoms with Crippen LogP contribution in [0.15, 0.2) is 12.3 Å². The van der Waals surface area contributed by atoms with Crippen LogP contribution in [0.1, 0.15) is 28.9 Å². The van der Waals surface area contributed by atoms with Crippen molar-refractivity contribution in [2.75, 3.05) is 20.1 Å². The summed E-state index contributed by atoms with van der Waals surface area (Å²) in [6, 6.07) is 1.91. The molecule has 1 aliphatic rings. The van der Waals surface area contributed by atoms with Crippen molar-refractivity contribution in [2.24, 2.45) is 0 Å². The number of halogens is 1. The quantitative estimate of drug-likeness (QED) is 0.890. The van der Waals surface area contributed by atoms with E-state index >= 15 is 0 Å². The monoisotopic (exact) mass is 267 g/mol. The summed E-state index contributed by atoms with van der Waals surface area (Å²) >= 11 is 6.06. The Morgan fingerprint density at radius 1 is 1.61 bits per heavy atom. The number of aromatic nitrogens is 1. The second kappa shape index (κ2) is 5.67. The maximum Gasteiger partial charge on any atom is 0.254 e. The molecule has 18 heavy (non-hydrogen) atoms. The minimum absolute atomic E-state index is 0.132. The van der Waals surface area contributed by atoms with Crippen LogP contribution in [-0.4, -0.2) is 42.0 Å². The molecule has 1 fully saturated rings. The molecule has 1 N–H and O–H groups in total. The summed E-state index contributed by atoms with van der Waals surface area (Å²) in [6.07, 6.45) is 3.67. The molecule has 0 spiro atoms. The molecule has 0 aromatic carbocycles. The summed E-state index contributed by atoms with van der Waals surface area (Å²) in [6.45, 7) is 3.84. The van der Waals surface area contributed by atoms with Gasteiger partial charge in [0, 0.05) is 24.5 Å². The van der Waals surface area contributed by atoms with Gasteiger partial charge in [-0.15, -0.1) is 0 Å². The molecule has 2 heterocycles. The molecule has 1 amide bonds. The Balaban J connectivity index is 2.03. The van der Waals surface area contributed by atoms with Gasteiger partial charge >= 0.3 is 0 Å². The van der Waals surface area contributed by atoms with E-state index in [-0.39, 0.29) is 11.9 Å². The van der Waals surface area contributed by atoms with Crippen molar-refractivity contribution >= 4 is 17.5 Å². The third-order valence-electron chi connectivity index (χ3n) is 3.19. The lowest BCUT2D eigenvalue weighted by Gasteiger charge is -2.30. The summed E-state index contributed by atoms with van der Waals surface area (Å²) in [7, 11) is 2.07. The van der Waals surface area contributed by atoms with E-state index in [9.17, 15) is 4.79 Å². The van der Waals surface area contributed by atoms with Crippen molar-refractivity contribution < 1.29 is 4.79 Å². The third-order valence-corrected chi connectivity index (χ3v) is 3.51. The van der Waals surface area contributed by atoms with Gasteiger partial charge in [0.2, 0.25) is 0 Å². The van der Waals surface area contributed by atoms with Crippen molar-refractivity contribution in [3.8, 4) is 0 Å². The molecule has 0 bridgehead atoms. The first kappa shape index (κ1) is 13.3. The average Bonchev–Trinajstić information content (AvgIpc) is 2.28. The number of hydrogen-bond acceptors (Lipinski definition) is 3. The summed E-state index contributed by atoms with van der Waals surface area (Å²) in [4.78, 5) is 18.4.